The lowest BCUT2D eigenvalue weighted by atomic mass is 9.78. The van der Waals surface area contributed by atoms with Gasteiger partial charge >= 0.3 is 0 Å². The van der Waals surface area contributed by atoms with Gasteiger partial charge in [-0.05, 0) is 19.3 Å². The maximum absolute atomic E-state index is 11.7. The largest absolute Gasteiger partial charge is 0.330 e. The van der Waals surface area contributed by atoms with Crippen molar-refractivity contribution in [2.75, 3.05) is 6.54 Å². The van der Waals surface area contributed by atoms with Crippen LogP contribution in [-0.2, 0) is 9.59 Å². The molecule has 1 heterocycles. The van der Waals surface area contributed by atoms with Crippen LogP contribution < -0.4 is 0 Å². The van der Waals surface area contributed by atoms with E-state index in [1.165, 1.54) is 19.3 Å². The van der Waals surface area contributed by atoms with Gasteiger partial charge in [-0.3, -0.25) is 9.59 Å². The monoisotopic (exact) mass is 209 g/mol. The summed E-state index contributed by atoms with van der Waals surface area (Å²) in [6, 6.07) is 0. The molecule has 1 aliphatic heterocycles. The van der Waals surface area contributed by atoms with Gasteiger partial charge in [0.25, 0.3) is 5.91 Å². The third-order valence-electron chi connectivity index (χ3n) is 4.06. The molecular formula is C12H19NO2. The topological polar surface area (TPSA) is 37.4 Å². The summed E-state index contributed by atoms with van der Waals surface area (Å²) in [7, 11) is 0. The number of Topliss-reactive ketones (excluding diaryl/α,β-unsaturated/α-hetero) is 1. The van der Waals surface area contributed by atoms with Gasteiger partial charge in [0.1, 0.15) is 0 Å². The molecule has 1 saturated carbocycles. The fourth-order valence-corrected chi connectivity index (χ4v) is 3.05. The Morgan fingerprint density at radius 3 is 2.33 bits per heavy atom. The van der Waals surface area contributed by atoms with Crippen LogP contribution in [0.4, 0.5) is 0 Å². The van der Waals surface area contributed by atoms with Gasteiger partial charge in [-0.15, -0.1) is 0 Å². The maximum atomic E-state index is 11.7. The van der Waals surface area contributed by atoms with Crippen LogP contribution in [0.3, 0.4) is 0 Å². The molecule has 0 aromatic carbocycles. The molecule has 1 amide bonds. The molecule has 0 unspecified atom stereocenters. The number of ketones is 1. The molecular weight excluding hydrogens is 190 g/mol. The molecule has 0 spiro atoms. The highest BCUT2D eigenvalue weighted by atomic mass is 16.2. The number of carbonyl (C=O) groups excluding carboxylic acids is 2. The Kier molecular flexibility index (Phi) is 2.81. The normalized spacial score (nSPS) is 26.1. The molecule has 84 valence electrons. The molecule has 0 N–H and O–H groups in total. The highest BCUT2D eigenvalue weighted by molar-refractivity contribution is 6.38. The highest BCUT2D eigenvalue weighted by Crippen LogP contribution is 2.38. The van der Waals surface area contributed by atoms with Gasteiger partial charge in [-0.1, -0.05) is 26.2 Å². The summed E-state index contributed by atoms with van der Waals surface area (Å²) < 4.78 is 0. The fourth-order valence-electron chi connectivity index (χ4n) is 3.05. The average Bonchev–Trinajstić information content (AvgIpc) is 2.61. The number of amides is 1. The second-order valence-corrected chi connectivity index (χ2v) is 4.77. The molecule has 2 fully saturated rings. The second kappa shape index (κ2) is 3.95. The van der Waals surface area contributed by atoms with E-state index in [1.54, 1.807) is 0 Å². The summed E-state index contributed by atoms with van der Waals surface area (Å²) >= 11 is 0. The average molecular weight is 209 g/mol. The van der Waals surface area contributed by atoms with Crippen LogP contribution >= 0.6 is 0 Å². The minimum absolute atomic E-state index is 0.0154. The van der Waals surface area contributed by atoms with E-state index in [9.17, 15) is 9.59 Å². The molecule has 2 rings (SSSR count). The van der Waals surface area contributed by atoms with E-state index < -0.39 is 0 Å². The summed E-state index contributed by atoms with van der Waals surface area (Å²) in [4.78, 5) is 24.9. The Morgan fingerprint density at radius 2 is 1.87 bits per heavy atom. The predicted molar refractivity (Wildman–Crippen MR) is 57.4 cm³/mol. The second-order valence-electron chi connectivity index (χ2n) is 4.77. The third kappa shape index (κ3) is 1.68. The molecule has 3 nitrogen and oxygen atoms in total. The van der Waals surface area contributed by atoms with E-state index in [0.717, 1.165) is 19.3 Å². The van der Waals surface area contributed by atoms with E-state index in [0.29, 0.717) is 13.0 Å². The molecule has 1 aliphatic carbocycles. The summed E-state index contributed by atoms with van der Waals surface area (Å²) in [5.74, 6) is -0.410. The lowest BCUT2D eigenvalue weighted by Gasteiger charge is -2.43. The minimum Gasteiger partial charge on any atom is -0.330 e. The van der Waals surface area contributed by atoms with Crippen LogP contribution in [0.15, 0.2) is 0 Å². The standard InChI is InChI=1S/C12H19NO2/c1-2-12(7-4-3-5-8-12)13-9-6-10(14)11(13)15/h2-9H2,1H3. The predicted octanol–water partition coefficient (Wildman–Crippen LogP) is 1.90. The number of carbonyl (C=O) groups is 2. The molecule has 0 aromatic rings. The zero-order chi connectivity index (χ0) is 10.9. The molecule has 1 saturated heterocycles. The zero-order valence-electron chi connectivity index (χ0n) is 9.42. The Bertz CT molecular complexity index is 279. The van der Waals surface area contributed by atoms with Gasteiger partial charge < -0.3 is 4.90 Å². The molecule has 2 aliphatic rings. The van der Waals surface area contributed by atoms with Crippen molar-refractivity contribution in [1.29, 1.82) is 0 Å². The van der Waals surface area contributed by atoms with Crippen molar-refractivity contribution in [3.05, 3.63) is 0 Å². The van der Waals surface area contributed by atoms with Crippen molar-refractivity contribution in [3.8, 4) is 0 Å². The number of likely N-dealkylation sites (tertiary alicyclic amines) is 1. The number of hydrogen-bond donors (Lipinski definition) is 0. The first-order valence-corrected chi connectivity index (χ1v) is 6.04. The number of nitrogens with zero attached hydrogens (tertiary/aromatic N) is 1. The summed E-state index contributed by atoms with van der Waals surface area (Å²) in [6.45, 7) is 2.80. The first-order chi connectivity index (χ1) is 7.19. The first kappa shape index (κ1) is 10.7. The van der Waals surface area contributed by atoms with Crippen molar-refractivity contribution in [2.24, 2.45) is 0 Å². The summed E-state index contributed by atoms with van der Waals surface area (Å²) in [6.07, 6.45) is 7.27. The van der Waals surface area contributed by atoms with E-state index >= 15 is 0 Å². The van der Waals surface area contributed by atoms with Crippen molar-refractivity contribution in [2.45, 2.75) is 57.4 Å². The Balaban J connectivity index is 2.18. The van der Waals surface area contributed by atoms with Gasteiger partial charge in [-0.2, -0.15) is 0 Å². The van der Waals surface area contributed by atoms with Crippen LogP contribution in [0, 0.1) is 0 Å². The third-order valence-corrected chi connectivity index (χ3v) is 4.06. The van der Waals surface area contributed by atoms with Gasteiger partial charge in [0, 0.05) is 18.5 Å². The zero-order valence-corrected chi connectivity index (χ0v) is 9.42. The van der Waals surface area contributed by atoms with E-state index in [2.05, 4.69) is 6.92 Å². The lowest BCUT2D eigenvalue weighted by molar-refractivity contribution is -0.144. The van der Waals surface area contributed by atoms with Gasteiger partial charge in [0.05, 0.1) is 0 Å². The fraction of sp³-hybridized carbons (Fsp3) is 0.833. The van der Waals surface area contributed by atoms with Crippen molar-refractivity contribution >= 4 is 11.7 Å². The summed E-state index contributed by atoms with van der Waals surface area (Å²) in [5, 5.41) is 0. The molecule has 0 bridgehead atoms. The molecule has 0 radical (unpaired) electrons. The van der Waals surface area contributed by atoms with E-state index in [-0.39, 0.29) is 17.2 Å². The van der Waals surface area contributed by atoms with Crippen molar-refractivity contribution in [3.63, 3.8) is 0 Å². The Morgan fingerprint density at radius 1 is 1.20 bits per heavy atom. The summed E-state index contributed by atoms with van der Waals surface area (Å²) in [5.41, 5.74) is 0.0154. The maximum Gasteiger partial charge on any atom is 0.290 e. The van der Waals surface area contributed by atoms with E-state index in [1.807, 2.05) is 4.90 Å². The number of hydrogen-bond acceptors (Lipinski definition) is 2. The first-order valence-electron chi connectivity index (χ1n) is 6.04. The quantitative estimate of drug-likeness (QED) is 0.651. The van der Waals surface area contributed by atoms with Crippen LogP contribution in [-0.4, -0.2) is 28.7 Å². The molecule has 0 atom stereocenters. The minimum atomic E-state index is -0.223. The number of rotatable bonds is 2. The van der Waals surface area contributed by atoms with Crippen LogP contribution in [0.5, 0.6) is 0 Å². The van der Waals surface area contributed by atoms with Gasteiger partial charge in [-0.25, -0.2) is 0 Å². The highest BCUT2D eigenvalue weighted by Gasteiger charge is 2.44. The van der Waals surface area contributed by atoms with Crippen molar-refractivity contribution < 1.29 is 9.59 Å². The van der Waals surface area contributed by atoms with Crippen LogP contribution in [0.2, 0.25) is 0 Å². The van der Waals surface area contributed by atoms with Gasteiger partial charge in [0.15, 0.2) is 0 Å². The smallest absolute Gasteiger partial charge is 0.290 e. The molecule has 0 aromatic heterocycles. The Hall–Kier alpha value is -0.860. The van der Waals surface area contributed by atoms with Crippen LogP contribution in [0.25, 0.3) is 0 Å². The van der Waals surface area contributed by atoms with Gasteiger partial charge in [0.2, 0.25) is 5.78 Å². The van der Waals surface area contributed by atoms with Crippen molar-refractivity contribution in [1.82, 2.24) is 4.90 Å². The van der Waals surface area contributed by atoms with E-state index in [4.69, 9.17) is 0 Å². The molecule has 15 heavy (non-hydrogen) atoms. The van der Waals surface area contributed by atoms with Crippen LogP contribution in [0.1, 0.15) is 51.9 Å². The lowest BCUT2D eigenvalue weighted by Crippen LogP contribution is -2.50. The molecule has 3 heteroatoms. The Labute approximate surface area is 90.8 Å². The SMILES string of the molecule is CCC1(N2CCC(=O)C2=O)CCCCC1.